The van der Waals surface area contributed by atoms with Gasteiger partial charge in [-0.3, -0.25) is 4.98 Å². The molecule has 3 rings (SSSR count). The Bertz CT molecular complexity index is 940. The van der Waals surface area contributed by atoms with Gasteiger partial charge in [0.2, 0.25) is 0 Å². The number of hydrogen-bond donors (Lipinski definition) is 1. The topological polar surface area (TPSA) is 74.3 Å². The Kier molecular flexibility index (Phi) is 4.76. The Morgan fingerprint density at radius 1 is 1.24 bits per heavy atom. The molecule has 0 spiro atoms. The van der Waals surface area contributed by atoms with Gasteiger partial charge < -0.3 is 20.0 Å². The zero-order valence-corrected chi connectivity index (χ0v) is 14.6. The van der Waals surface area contributed by atoms with Crippen LogP contribution in [0.3, 0.4) is 0 Å². The van der Waals surface area contributed by atoms with Gasteiger partial charge in [0.1, 0.15) is 5.75 Å². The highest BCUT2D eigenvalue weighted by molar-refractivity contribution is 6.32. The number of ether oxygens (including phenoxy) is 1. The number of hydrogen-bond acceptors (Lipinski definition) is 5. The Morgan fingerprint density at radius 2 is 1.96 bits per heavy atom. The van der Waals surface area contributed by atoms with Crippen molar-refractivity contribution in [2.24, 2.45) is 0 Å². The molecule has 0 bridgehead atoms. The van der Waals surface area contributed by atoms with Gasteiger partial charge in [0.05, 0.1) is 23.8 Å². The van der Waals surface area contributed by atoms with Crippen LogP contribution in [0.15, 0.2) is 42.6 Å². The van der Waals surface area contributed by atoms with Crippen LogP contribution >= 0.6 is 11.6 Å². The summed E-state index contributed by atoms with van der Waals surface area (Å²) < 4.78 is 5.42. The summed E-state index contributed by atoms with van der Waals surface area (Å²) in [6.45, 7) is 4.34. The van der Waals surface area contributed by atoms with Crippen molar-refractivity contribution in [2.45, 2.75) is 13.8 Å². The Balaban J connectivity index is 2.10. The number of nitrogens with one attached hydrogen (secondary N) is 1. The highest BCUT2D eigenvalue weighted by Gasteiger charge is 2.13. The van der Waals surface area contributed by atoms with Crippen molar-refractivity contribution in [3.8, 4) is 5.75 Å². The van der Waals surface area contributed by atoms with Crippen LogP contribution in [0.1, 0.15) is 22.8 Å². The Morgan fingerprint density at radius 3 is 2.60 bits per heavy atom. The molecular formula is C19H16ClN2O3-. The first kappa shape index (κ1) is 17.0. The van der Waals surface area contributed by atoms with E-state index in [1.807, 2.05) is 38.1 Å². The number of carbonyl (C=O) groups is 1. The molecule has 2 aromatic carbocycles. The number of aromatic carboxylic acids is 1. The third kappa shape index (κ3) is 3.37. The Labute approximate surface area is 150 Å². The van der Waals surface area contributed by atoms with E-state index >= 15 is 0 Å². The molecule has 25 heavy (non-hydrogen) atoms. The van der Waals surface area contributed by atoms with E-state index in [2.05, 4.69) is 10.3 Å². The van der Waals surface area contributed by atoms with E-state index in [9.17, 15) is 9.90 Å². The van der Waals surface area contributed by atoms with Gasteiger partial charge in [-0.1, -0.05) is 11.6 Å². The van der Waals surface area contributed by atoms with E-state index in [1.54, 1.807) is 12.1 Å². The highest BCUT2D eigenvalue weighted by atomic mass is 35.5. The lowest BCUT2D eigenvalue weighted by Gasteiger charge is -2.17. The van der Waals surface area contributed by atoms with Crippen LogP contribution in [0.2, 0.25) is 5.02 Å². The minimum absolute atomic E-state index is 0.0110. The fraction of sp³-hybridized carbons (Fsp3) is 0.158. The number of carbonyl (C=O) groups excluding carboxylic acids is 1. The number of aryl methyl sites for hydroxylation is 1. The Hall–Kier alpha value is -2.79. The third-order valence-corrected chi connectivity index (χ3v) is 4.29. The van der Waals surface area contributed by atoms with Gasteiger partial charge >= 0.3 is 0 Å². The zero-order valence-electron chi connectivity index (χ0n) is 13.8. The van der Waals surface area contributed by atoms with Crippen LogP contribution in [0.5, 0.6) is 5.75 Å². The smallest absolute Gasteiger partial charge is 0.119 e. The number of halogens is 1. The molecule has 1 N–H and O–H groups in total. The summed E-state index contributed by atoms with van der Waals surface area (Å²) in [5.74, 6) is -0.550. The second kappa shape index (κ2) is 6.99. The number of anilines is 2. The normalized spacial score (nSPS) is 10.7. The van der Waals surface area contributed by atoms with Gasteiger partial charge in [0.15, 0.2) is 0 Å². The summed E-state index contributed by atoms with van der Waals surface area (Å²) in [6, 6.07) is 10.7. The van der Waals surface area contributed by atoms with Gasteiger partial charge in [0, 0.05) is 27.9 Å². The monoisotopic (exact) mass is 355 g/mol. The van der Waals surface area contributed by atoms with Crippen LogP contribution in [0.25, 0.3) is 10.9 Å². The van der Waals surface area contributed by atoms with Crippen LogP contribution < -0.4 is 15.2 Å². The van der Waals surface area contributed by atoms with Gasteiger partial charge in [-0.25, -0.2) is 0 Å². The zero-order chi connectivity index (χ0) is 18.0. The summed E-state index contributed by atoms with van der Waals surface area (Å²) in [4.78, 5) is 15.7. The summed E-state index contributed by atoms with van der Waals surface area (Å²) in [5.41, 5.74) is 2.58. The van der Waals surface area contributed by atoms with Crippen LogP contribution in [0.4, 0.5) is 11.4 Å². The van der Waals surface area contributed by atoms with Gasteiger partial charge in [-0.2, -0.15) is 0 Å². The number of carboxylic acid groups (broad SMARTS) is 1. The number of nitrogens with zero attached hydrogens (tertiary/aromatic N) is 1. The third-order valence-electron chi connectivity index (χ3n) is 3.88. The maximum atomic E-state index is 11.5. The number of rotatable bonds is 5. The van der Waals surface area contributed by atoms with Gasteiger partial charge in [-0.05, 0) is 55.8 Å². The van der Waals surface area contributed by atoms with Crippen LogP contribution in [-0.2, 0) is 0 Å². The molecule has 0 aliphatic carbocycles. The predicted molar refractivity (Wildman–Crippen MR) is 96.7 cm³/mol. The van der Waals surface area contributed by atoms with E-state index in [0.717, 1.165) is 17.0 Å². The van der Waals surface area contributed by atoms with E-state index in [4.69, 9.17) is 16.3 Å². The lowest BCUT2D eigenvalue weighted by molar-refractivity contribution is -0.254. The number of pyridine rings is 1. The molecule has 1 aromatic heterocycles. The molecule has 0 radical (unpaired) electrons. The standard InChI is InChI=1S/C19H17ClN2O3/c1-3-25-13-6-4-12(5-7-13)22-18-14-8-9-16(20)11(2)17(14)21-10-15(18)19(23)24/h4-10H,3H2,1-2H3,(H,21,22)(H,23,24)/p-1. The van der Waals surface area contributed by atoms with Crippen molar-refractivity contribution in [3.05, 3.63) is 58.7 Å². The fourth-order valence-corrected chi connectivity index (χ4v) is 2.77. The summed E-state index contributed by atoms with van der Waals surface area (Å²) in [7, 11) is 0. The first-order valence-electron chi connectivity index (χ1n) is 7.80. The number of benzene rings is 2. The molecule has 6 heteroatoms. The lowest BCUT2D eigenvalue weighted by atomic mass is 10.1. The molecule has 0 aliphatic rings. The SMILES string of the molecule is CCOc1ccc(Nc2c(C(=O)[O-])cnc3c(C)c(Cl)ccc23)cc1. The van der Waals surface area contributed by atoms with Crippen LogP contribution in [-0.4, -0.2) is 17.6 Å². The molecule has 0 fully saturated rings. The summed E-state index contributed by atoms with van der Waals surface area (Å²) >= 11 is 6.15. The second-order valence-corrected chi connectivity index (χ2v) is 5.89. The van der Waals surface area contributed by atoms with E-state index in [-0.39, 0.29) is 5.56 Å². The van der Waals surface area contributed by atoms with E-state index in [0.29, 0.717) is 28.2 Å². The van der Waals surface area contributed by atoms with Crippen molar-refractivity contribution in [1.82, 2.24) is 4.98 Å². The largest absolute Gasteiger partial charge is 0.545 e. The number of aromatic nitrogens is 1. The summed E-state index contributed by atoms with van der Waals surface area (Å²) in [5, 5.41) is 15.9. The maximum absolute atomic E-state index is 11.5. The first-order valence-corrected chi connectivity index (χ1v) is 8.18. The number of carboxylic acids is 1. The first-order chi connectivity index (χ1) is 12.0. The molecule has 5 nitrogen and oxygen atoms in total. The second-order valence-electron chi connectivity index (χ2n) is 5.49. The van der Waals surface area contributed by atoms with E-state index in [1.165, 1.54) is 6.20 Å². The van der Waals surface area contributed by atoms with Crippen molar-refractivity contribution < 1.29 is 14.6 Å². The molecular weight excluding hydrogens is 340 g/mol. The van der Waals surface area contributed by atoms with Crippen molar-refractivity contribution in [3.63, 3.8) is 0 Å². The quantitative estimate of drug-likeness (QED) is 0.755. The molecule has 0 atom stereocenters. The highest BCUT2D eigenvalue weighted by Crippen LogP contribution is 2.33. The molecule has 0 saturated carbocycles. The average molecular weight is 356 g/mol. The predicted octanol–water partition coefficient (Wildman–Crippen LogP) is 3.70. The minimum Gasteiger partial charge on any atom is -0.545 e. The fourth-order valence-electron chi connectivity index (χ4n) is 2.62. The van der Waals surface area contributed by atoms with Gasteiger partial charge in [0.25, 0.3) is 0 Å². The van der Waals surface area contributed by atoms with Crippen molar-refractivity contribution >= 4 is 39.8 Å². The van der Waals surface area contributed by atoms with Crippen molar-refractivity contribution in [1.29, 1.82) is 0 Å². The van der Waals surface area contributed by atoms with E-state index < -0.39 is 5.97 Å². The molecule has 0 saturated heterocycles. The summed E-state index contributed by atoms with van der Waals surface area (Å²) in [6.07, 6.45) is 1.29. The van der Waals surface area contributed by atoms with Crippen LogP contribution in [0, 0.1) is 6.92 Å². The molecule has 1 heterocycles. The molecule has 0 unspecified atom stereocenters. The molecule has 0 aliphatic heterocycles. The number of fused-ring (bicyclic) bond motifs is 1. The maximum Gasteiger partial charge on any atom is 0.119 e. The molecule has 3 aromatic rings. The average Bonchev–Trinajstić information content (AvgIpc) is 2.60. The van der Waals surface area contributed by atoms with Gasteiger partial charge in [-0.15, -0.1) is 0 Å². The van der Waals surface area contributed by atoms with Crippen molar-refractivity contribution in [2.75, 3.05) is 11.9 Å². The molecule has 0 amide bonds. The molecule has 128 valence electrons. The minimum atomic E-state index is -1.30. The lowest BCUT2D eigenvalue weighted by Crippen LogP contribution is -2.23.